The fourth-order valence-corrected chi connectivity index (χ4v) is 2.38. The zero-order valence-corrected chi connectivity index (χ0v) is 11.5. The lowest BCUT2D eigenvalue weighted by Gasteiger charge is -2.25. The summed E-state index contributed by atoms with van der Waals surface area (Å²) in [4.78, 5) is 9.50. The van der Waals surface area contributed by atoms with Crippen molar-refractivity contribution in [2.75, 3.05) is 24.5 Å². The first-order chi connectivity index (χ1) is 9.50. The van der Waals surface area contributed by atoms with E-state index in [0.717, 1.165) is 31.9 Å². The Hall–Kier alpha value is -1.37. The summed E-state index contributed by atoms with van der Waals surface area (Å²) < 4.78 is 38.1. The van der Waals surface area contributed by atoms with E-state index in [1.165, 1.54) is 6.20 Å². The fraction of sp³-hybridized carbons (Fsp3) is 0.692. The first-order valence-electron chi connectivity index (χ1n) is 6.89. The van der Waals surface area contributed by atoms with Gasteiger partial charge < -0.3 is 10.2 Å². The van der Waals surface area contributed by atoms with Crippen molar-refractivity contribution in [1.82, 2.24) is 15.3 Å². The molecule has 4 nitrogen and oxygen atoms in total. The molecule has 1 N–H and O–H groups in total. The Balaban J connectivity index is 2.15. The second-order valence-corrected chi connectivity index (χ2v) is 4.98. The van der Waals surface area contributed by atoms with Crippen LogP contribution in [-0.2, 0) is 6.18 Å². The Labute approximate surface area is 116 Å². The van der Waals surface area contributed by atoms with Crippen LogP contribution in [0, 0.1) is 0 Å². The molecule has 1 fully saturated rings. The van der Waals surface area contributed by atoms with Crippen LogP contribution >= 0.6 is 0 Å². The molecule has 0 radical (unpaired) electrons. The van der Waals surface area contributed by atoms with Gasteiger partial charge in [0.15, 0.2) is 0 Å². The highest BCUT2D eigenvalue weighted by molar-refractivity contribution is 5.31. The largest absolute Gasteiger partial charge is 0.433 e. The Kier molecular flexibility index (Phi) is 4.80. The number of nitrogens with zero attached hydrogens (tertiary/aromatic N) is 3. The van der Waals surface area contributed by atoms with Crippen molar-refractivity contribution < 1.29 is 13.2 Å². The van der Waals surface area contributed by atoms with Gasteiger partial charge in [0, 0.05) is 25.3 Å². The van der Waals surface area contributed by atoms with Crippen LogP contribution in [-0.4, -0.2) is 35.6 Å². The summed E-state index contributed by atoms with van der Waals surface area (Å²) in [5.74, 6) is 0.162. The van der Waals surface area contributed by atoms with Crippen LogP contribution in [0.5, 0.6) is 0 Å². The molecule has 2 rings (SSSR count). The summed E-state index contributed by atoms with van der Waals surface area (Å²) in [5.41, 5.74) is -0.886. The second-order valence-electron chi connectivity index (χ2n) is 4.98. The first kappa shape index (κ1) is 15.0. The Morgan fingerprint density at radius 1 is 1.45 bits per heavy atom. The molecule has 0 saturated carbocycles. The van der Waals surface area contributed by atoms with Gasteiger partial charge >= 0.3 is 6.18 Å². The van der Waals surface area contributed by atoms with Crippen LogP contribution in [0.15, 0.2) is 12.3 Å². The third-order valence-corrected chi connectivity index (χ3v) is 3.31. The van der Waals surface area contributed by atoms with Crippen molar-refractivity contribution >= 4 is 5.95 Å². The minimum Gasteiger partial charge on any atom is -0.339 e. The maximum Gasteiger partial charge on any atom is 0.433 e. The molecule has 1 aromatic heterocycles. The van der Waals surface area contributed by atoms with E-state index in [-0.39, 0.29) is 5.95 Å². The van der Waals surface area contributed by atoms with Gasteiger partial charge in [0.1, 0.15) is 5.69 Å². The molecule has 20 heavy (non-hydrogen) atoms. The maximum absolute atomic E-state index is 12.7. The van der Waals surface area contributed by atoms with E-state index >= 15 is 0 Å². The van der Waals surface area contributed by atoms with Crippen molar-refractivity contribution in [3.63, 3.8) is 0 Å². The molecule has 1 saturated heterocycles. The summed E-state index contributed by atoms with van der Waals surface area (Å²) in [5, 5.41) is 3.34. The van der Waals surface area contributed by atoms with Crippen molar-refractivity contribution in [3.8, 4) is 0 Å². The summed E-state index contributed by atoms with van der Waals surface area (Å²) >= 11 is 0. The van der Waals surface area contributed by atoms with E-state index in [4.69, 9.17) is 0 Å². The third kappa shape index (κ3) is 3.82. The van der Waals surface area contributed by atoms with Gasteiger partial charge in [0.05, 0.1) is 0 Å². The molecule has 1 unspecified atom stereocenters. The van der Waals surface area contributed by atoms with Crippen LogP contribution in [0.2, 0.25) is 0 Å². The van der Waals surface area contributed by atoms with Crippen LogP contribution in [0.1, 0.15) is 31.9 Å². The predicted molar refractivity (Wildman–Crippen MR) is 70.6 cm³/mol. The standard InChI is InChI=1S/C13H19F3N4/c1-2-8-20(9-10-4-3-6-17-10)12-18-7-5-11(19-12)13(14,15)16/h5,7,10,17H,2-4,6,8-9H2,1H3. The summed E-state index contributed by atoms with van der Waals surface area (Å²) in [6.45, 7) is 4.26. The summed E-state index contributed by atoms with van der Waals surface area (Å²) in [6.07, 6.45) is -0.267. The van der Waals surface area contributed by atoms with Crippen LogP contribution < -0.4 is 10.2 Å². The van der Waals surface area contributed by atoms with Gasteiger partial charge in [-0.25, -0.2) is 9.97 Å². The molecule has 0 amide bonds. The average Bonchev–Trinajstić information content (AvgIpc) is 2.90. The molecule has 0 spiro atoms. The quantitative estimate of drug-likeness (QED) is 0.903. The van der Waals surface area contributed by atoms with E-state index in [1.807, 2.05) is 11.8 Å². The van der Waals surface area contributed by atoms with Gasteiger partial charge in [-0.15, -0.1) is 0 Å². The minimum atomic E-state index is -4.43. The van der Waals surface area contributed by atoms with E-state index in [2.05, 4.69) is 15.3 Å². The molecule has 1 atom stereocenters. The highest BCUT2D eigenvalue weighted by Crippen LogP contribution is 2.28. The molecule has 0 bridgehead atoms. The smallest absolute Gasteiger partial charge is 0.339 e. The molecule has 0 aliphatic carbocycles. The minimum absolute atomic E-state index is 0.162. The van der Waals surface area contributed by atoms with Gasteiger partial charge in [-0.2, -0.15) is 13.2 Å². The number of anilines is 1. The van der Waals surface area contributed by atoms with E-state index in [9.17, 15) is 13.2 Å². The van der Waals surface area contributed by atoms with Gasteiger partial charge in [-0.3, -0.25) is 0 Å². The Morgan fingerprint density at radius 2 is 2.25 bits per heavy atom. The van der Waals surface area contributed by atoms with E-state index in [0.29, 0.717) is 19.1 Å². The topological polar surface area (TPSA) is 41.0 Å². The number of rotatable bonds is 5. The number of halogens is 3. The lowest BCUT2D eigenvalue weighted by atomic mass is 10.2. The number of alkyl halides is 3. The fourth-order valence-electron chi connectivity index (χ4n) is 2.38. The maximum atomic E-state index is 12.7. The average molecular weight is 288 g/mol. The molecule has 2 heterocycles. The van der Waals surface area contributed by atoms with Crippen LogP contribution in [0.4, 0.5) is 19.1 Å². The lowest BCUT2D eigenvalue weighted by molar-refractivity contribution is -0.141. The highest BCUT2D eigenvalue weighted by Gasteiger charge is 2.33. The summed E-state index contributed by atoms with van der Waals surface area (Å²) in [6, 6.07) is 1.21. The molecule has 1 aliphatic rings. The molecule has 7 heteroatoms. The number of hydrogen-bond donors (Lipinski definition) is 1. The zero-order valence-electron chi connectivity index (χ0n) is 11.5. The molecular formula is C13H19F3N4. The molecular weight excluding hydrogens is 269 g/mol. The molecule has 1 aromatic rings. The Bertz CT molecular complexity index is 430. The monoisotopic (exact) mass is 288 g/mol. The number of hydrogen-bond acceptors (Lipinski definition) is 4. The predicted octanol–water partition coefficient (Wildman–Crippen LogP) is 2.46. The van der Waals surface area contributed by atoms with Gasteiger partial charge in [-0.05, 0) is 31.9 Å². The van der Waals surface area contributed by atoms with Crippen molar-refractivity contribution in [2.45, 2.75) is 38.4 Å². The molecule has 1 aliphatic heterocycles. The normalized spacial score (nSPS) is 19.3. The zero-order chi connectivity index (χ0) is 14.6. The van der Waals surface area contributed by atoms with Crippen LogP contribution in [0.3, 0.4) is 0 Å². The Morgan fingerprint density at radius 3 is 2.85 bits per heavy atom. The van der Waals surface area contributed by atoms with E-state index < -0.39 is 11.9 Å². The van der Waals surface area contributed by atoms with Crippen molar-refractivity contribution in [2.24, 2.45) is 0 Å². The molecule has 0 aromatic carbocycles. The van der Waals surface area contributed by atoms with Gasteiger partial charge in [0.2, 0.25) is 5.95 Å². The second kappa shape index (κ2) is 6.39. The molecule has 112 valence electrons. The number of aromatic nitrogens is 2. The highest BCUT2D eigenvalue weighted by atomic mass is 19.4. The van der Waals surface area contributed by atoms with Gasteiger partial charge in [-0.1, -0.05) is 6.92 Å². The lowest BCUT2D eigenvalue weighted by Crippen LogP contribution is -2.39. The van der Waals surface area contributed by atoms with E-state index in [1.54, 1.807) is 0 Å². The van der Waals surface area contributed by atoms with Crippen LogP contribution in [0.25, 0.3) is 0 Å². The number of nitrogens with one attached hydrogen (secondary N) is 1. The summed E-state index contributed by atoms with van der Waals surface area (Å²) in [7, 11) is 0. The third-order valence-electron chi connectivity index (χ3n) is 3.31. The van der Waals surface area contributed by atoms with Gasteiger partial charge in [0.25, 0.3) is 0 Å². The SMILES string of the molecule is CCCN(CC1CCCN1)c1nccc(C(F)(F)F)n1. The van der Waals surface area contributed by atoms with Crippen molar-refractivity contribution in [3.05, 3.63) is 18.0 Å². The first-order valence-corrected chi connectivity index (χ1v) is 6.89. The van der Waals surface area contributed by atoms with Crippen molar-refractivity contribution in [1.29, 1.82) is 0 Å².